The van der Waals surface area contributed by atoms with Crippen LogP contribution >= 0.6 is 23.5 Å². The summed E-state index contributed by atoms with van der Waals surface area (Å²) >= 11 is 2.22. The van der Waals surface area contributed by atoms with Gasteiger partial charge in [-0.25, -0.2) is 9.59 Å². The summed E-state index contributed by atoms with van der Waals surface area (Å²) in [6.45, 7) is 6.64. The minimum Gasteiger partial charge on any atom is -0.494 e. The number of fused-ring (bicyclic) bond motifs is 2. The van der Waals surface area contributed by atoms with Crippen LogP contribution in [0.5, 0.6) is 11.5 Å². The van der Waals surface area contributed by atoms with E-state index >= 15 is 0 Å². The van der Waals surface area contributed by atoms with E-state index in [0.717, 1.165) is 82.5 Å². The van der Waals surface area contributed by atoms with E-state index in [1.54, 1.807) is 62.6 Å². The summed E-state index contributed by atoms with van der Waals surface area (Å²) in [7, 11) is 11.3. The molecule has 14 heteroatoms. The van der Waals surface area contributed by atoms with Crippen molar-refractivity contribution in [3.8, 4) is 11.5 Å². The fourth-order valence-corrected chi connectivity index (χ4v) is 9.73. The van der Waals surface area contributed by atoms with E-state index in [1.807, 2.05) is 78.4 Å². The first-order valence-electron chi connectivity index (χ1n) is 19.7. The molecule has 12 nitrogen and oxygen atoms in total. The van der Waals surface area contributed by atoms with E-state index in [4.69, 9.17) is 18.9 Å². The first kappa shape index (κ1) is 44.3. The molecule has 316 valence electrons. The van der Waals surface area contributed by atoms with E-state index in [9.17, 15) is 19.2 Å². The van der Waals surface area contributed by atoms with Crippen LogP contribution in [-0.4, -0.2) is 102 Å². The van der Waals surface area contributed by atoms with Crippen molar-refractivity contribution >= 4 is 58.7 Å². The quantitative estimate of drug-likeness (QED) is 0.0648. The summed E-state index contributed by atoms with van der Waals surface area (Å²) in [6.07, 6.45) is 3.50. The molecule has 2 aliphatic rings. The van der Waals surface area contributed by atoms with Gasteiger partial charge < -0.3 is 38.5 Å². The Labute approximate surface area is 360 Å². The Kier molecular flexibility index (Phi) is 14.0. The van der Waals surface area contributed by atoms with Gasteiger partial charge in [0.15, 0.2) is 0 Å². The van der Waals surface area contributed by atoms with Crippen molar-refractivity contribution < 1.29 is 38.1 Å². The molecule has 60 heavy (non-hydrogen) atoms. The molecule has 4 aromatic rings. The second kappa shape index (κ2) is 19.0. The van der Waals surface area contributed by atoms with Gasteiger partial charge in [-0.2, -0.15) is 0 Å². The van der Waals surface area contributed by atoms with Gasteiger partial charge in [-0.05, 0) is 139 Å². The number of hydrogen-bond acceptors (Lipinski definition) is 12. The maximum absolute atomic E-state index is 14.3. The van der Waals surface area contributed by atoms with Gasteiger partial charge in [-0.3, -0.25) is 9.59 Å². The number of likely N-dealkylation sites (N-methyl/N-ethyl adjacent to an activating group) is 2. The molecule has 0 fully saturated rings. The number of ether oxygens (including phenoxy) is 4. The Bertz CT molecular complexity index is 2090. The smallest absolute Gasteiger partial charge is 0.333 e. The first-order chi connectivity index (χ1) is 28.6. The average molecular weight is 853 g/mol. The minimum absolute atomic E-state index is 0.409. The number of aryl methyl sites for hydroxylation is 2. The standard InChI is InChI=1S/C46H52N4O8S2/c1-31-11-21-37-39(29-31)59-45(43(53)49(37)7,33-13-17-35(18-14-33)55-27-9-25-47(3)4)57-41(51)23-24-42(52)58-46(34-15-19-36(20-16-34)56-28-10-26-48(5)6)44(54)50(8)38-22-12-32(2)30-40(38)60-46/h11-24,29-30H,9-10,25-28H2,1-8H3/b24-23+. The molecular formula is C46H52N4O8S2. The fraction of sp³-hybridized carbons (Fsp3) is 0.348. The van der Waals surface area contributed by atoms with Crippen LogP contribution in [0.25, 0.3) is 0 Å². The normalized spacial score (nSPS) is 18.8. The second-order valence-electron chi connectivity index (χ2n) is 15.3. The van der Waals surface area contributed by atoms with Crippen LogP contribution in [0.4, 0.5) is 11.4 Å². The van der Waals surface area contributed by atoms with Gasteiger partial charge in [0.05, 0.1) is 24.6 Å². The van der Waals surface area contributed by atoms with Gasteiger partial charge in [0.2, 0.25) is 0 Å². The first-order valence-corrected chi connectivity index (χ1v) is 21.3. The number of nitrogens with zero attached hydrogens (tertiary/aromatic N) is 4. The molecule has 0 spiro atoms. The zero-order valence-corrected chi connectivity index (χ0v) is 37.0. The molecule has 0 bridgehead atoms. The monoisotopic (exact) mass is 852 g/mol. The molecule has 0 N–H and O–H groups in total. The van der Waals surface area contributed by atoms with Crippen LogP contribution in [0.2, 0.25) is 0 Å². The number of esters is 2. The zero-order chi connectivity index (χ0) is 43.2. The molecule has 2 heterocycles. The molecule has 0 aromatic heterocycles. The predicted molar refractivity (Wildman–Crippen MR) is 236 cm³/mol. The Morgan fingerprint density at radius 1 is 0.600 bits per heavy atom. The number of amides is 2. The summed E-state index contributed by atoms with van der Waals surface area (Å²) in [5.74, 6) is -1.70. The van der Waals surface area contributed by atoms with Crippen molar-refractivity contribution in [3.63, 3.8) is 0 Å². The second-order valence-corrected chi connectivity index (χ2v) is 17.8. The molecule has 6 rings (SSSR count). The summed E-state index contributed by atoms with van der Waals surface area (Å²) in [4.78, 5) is 61.2. The molecule has 4 aromatic carbocycles. The van der Waals surface area contributed by atoms with Crippen LogP contribution in [0, 0.1) is 13.8 Å². The molecule has 2 aliphatic heterocycles. The van der Waals surface area contributed by atoms with Crippen molar-refractivity contribution in [3.05, 3.63) is 119 Å². The van der Waals surface area contributed by atoms with Gasteiger partial charge >= 0.3 is 11.9 Å². The number of anilines is 2. The molecule has 2 unspecified atom stereocenters. The number of carbonyl (C=O) groups is 4. The lowest BCUT2D eigenvalue weighted by molar-refractivity contribution is -0.156. The highest BCUT2D eigenvalue weighted by Gasteiger charge is 2.53. The van der Waals surface area contributed by atoms with Crippen molar-refractivity contribution in [2.75, 3.05) is 78.4 Å². The molecule has 0 radical (unpaired) electrons. The fourth-order valence-electron chi connectivity index (χ4n) is 6.80. The number of benzene rings is 4. The van der Waals surface area contributed by atoms with Crippen molar-refractivity contribution in [1.82, 2.24) is 9.80 Å². The van der Waals surface area contributed by atoms with Crippen LogP contribution in [-0.2, 0) is 38.5 Å². The van der Waals surface area contributed by atoms with Gasteiger partial charge in [0.25, 0.3) is 21.7 Å². The number of thioether (sulfide) groups is 2. The molecule has 2 atom stereocenters. The molecule has 2 amide bonds. The number of rotatable bonds is 16. The lowest BCUT2D eigenvalue weighted by Crippen LogP contribution is -2.49. The van der Waals surface area contributed by atoms with Crippen molar-refractivity contribution in [1.29, 1.82) is 0 Å². The third kappa shape index (κ3) is 9.84. The molecule has 0 aliphatic carbocycles. The van der Waals surface area contributed by atoms with Crippen molar-refractivity contribution in [2.24, 2.45) is 0 Å². The van der Waals surface area contributed by atoms with E-state index in [2.05, 4.69) is 9.80 Å². The Morgan fingerprint density at radius 3 is 1.32 bits per heavy atom. The molecular weight excluding hydrogens is 801 g/mol. The Balaban J connectivity index is 1.27. The topological polar surface area (TPSA) is 118 Å². The SMILES string of the molecule is Cc1ccc2c(c1)SC(OC(=O)/C=C/C(=O)OC1(c3ccc(OCCCN(C)C)cc3)Sc3cc(C)ccc3N(C)C1=O)(c1ccc(OCCCN(C)C)cc1)C(=O)N2C. The maximum Gasteiger partial charge on any atom is 0.333 e. The number of carbonyl (C=O) groups excluding carboxylic acids is 4. The highest BCUT2D eigenvalue weighted by molar-refractivity contribution is 8.01. The molecule has 0 saturated carbocycles. The van der Waals surface area contributed by atoms with E-state index in [0.29, 0.717) is 47.2 Å². The van der Waals surface area contributed by atoms with Gasteiger partial charge in [-0.1, -0.05) is 35.7 Å². The zero-order valence-electron chi connectivity index (χ0n) is 35.4. The van der Waals surface area contributed by atoms with Crippen LogP contribution in [0.15, 0.2) is 107 Å². The van der Waals surface area contributed by atoms with Crippen LogP contribution in [0.3, 0.4) is 0 Å². The summed E-state index contributed by atoms with van der Waals surface area (Å²) in [5, 5.41) is 0. The van der Waals surface area contributed by atoms with Gasteiger partial charge in [-0.15, -0.1) is 0 Å². The van der Waals surface area contributed by atoms with E-state index in [1.165, 1.54) is 9.80 Å². The van der Waals surface area contributed by atoms with E-state index < -0.39 is 33.6 Å². The summed E-state index contributed by atoms with van der Waals surface area (Å²) in [6, 6.07) is 25.2. The lowest BCUT2D eigenvalue weighted by atomic mass is 10.1. The minimum atomic E-state index is -1.85. The van der Waals surface area contributed by atoms with Gasteiger partial charge in [0, 0.05) is 60.3 Å². The third-order valence-electron chi connectivity index (χ3n) is 9.98. The molecule has 0 saturated heterocycles. The largest absolute Gasteiger partial charge is 0.494 e. The van der Waals surface area contributed by atoms with E-state index in [-0.39, 0.29) is 0 Å². The Morgan fingerprint density at radius 2 is 0.967 bits per heavy atom. The maximum atomic E-state index is 14.3. The van der Waals surface area contributed by atoms with Crippen LogP contribution in [0.1, 0.15) is 35.1 Å². The number of hydrogen-bond donors (Lipinski definition) is 0. The predicted octanol–water partition coefficient (Wildman–Crippen LogP) is 7.15. The highest BCUT2D eigenvalue weighted by Crippen LogP contribution is 2.53. The Hall–Kier alpha value is -5.28. The van der Waals surface area contributed by atoms with Gasteiger partial charge in [0.1, 0.15) is 11.5 Å². The average Bonchev–Trinajstić information content (AvgIpc) is 3.21. The third-order valence-corrected chi connectivity index (χ3v) is 12.6. The summed E-state index contributed by atoms with van der Waals surface area (Å²) in [5.41, 5.74) is 4.09. The lowest BCUT2D eigenvalue weighted by Gasteiger charge is -2.40. The highest BCUT2D eigenvalue weighted by atomic mass is 32.2. The summed E-state index contributed by atoms with van der Waals surface area (Å²) < 4.78 is 24.1. The van der Waals surface area contributed by atoms with Crippen LogP contribution < -0.4 is 19.3 Å². The van der Waals surface area contributed by atoms with Crippen molar-refractivity contribution in [2.45, 2.75) is 46.3 Å².